The van der Waals surface area contributed by atoms with E-state index in [-0.39, 0.29) is 0 Å². The highest BCUT2D eigenvalue weighted by atomic mass is 32.1. The van der Waals surface area contributed by atoms with Crippen molar-refractivity contribution in [2.24, 2.45) is 0 Å². The summed E-state index contributed by atoms with van der Waals surface area (Å²) in [6, 6.07) is 12.8. The SMILES string of the molecule is O=C(O)C(F)(F)F.c1ccc2c(CNCc3ccc(C4CCC4)nc3)nsc2c1. The van der Waals surface area contributed by atoms with E-state index in [1.165, 1.54) is 40.6 Å². The summed E-state index contributed by atoms with van der Waals surface area (Å²) in [7, 11) is 0. The van der Waals surface area contributed by atoms with Crippen molar-refractivity contribution in [2.45, 2.75) is 44.4 Å². The molecule has 5 nitrogen and oxygen atoms in total. The van der Waals surface area contributed by atoms with Crippen LogP contribution in [0.5, 0.6) is 0 Å². The standard InChI is InChI=1S/C18H19N3S.C2HF3O2/c1-2-7-18-15(6-1)17(21-22-18)12-19-10-13-8-9-16(20-11-13)14-4-3-5-14;3-2(4,5)1(6)7/h1-2,6-9,11,14,19H,3-5,10,12H2;(H,6,7). The molecule has 1 saturated carbocycles. The van der Waals surface area contributed by atoms with E-state index in [0.717, 1.165) is 18.8 Å². The largest absolute Gasteiger partial charge is 0.490 e. The molecular formula is C20H20F3N3O2S. The number of aromatic nitrogens is 2. The predicted octanol–water partition coefficient (Wildman–Crippen LogP) is 4.88. The Kier molecular flexibility index (Phi) is 6.81. The molecule has 1 aliphatic rings. The molecule has 29 heavy (non-hydrogen) atoms. The van der Waals surface area contributed by atoms with Gasteiger partial charge < -0.3 is 10.4 Å². The lowest BCUT2D eigenvalue weighted by Gasteiger charge is -2.24. The number of carboxylic acids is 1. The molecule has 0 spiro atoms. The number of carboxylic acid groups (broad SMARTS) is 1. The molecule has 2 heterocycles. The van der Waals surface area contributed by atoms with Gasteiger partial charge in [-0.05, 0) is 42.1 Å². The van der Waals surface area contributed by atoms with E-state index in [9.17, 15) is 13.2 Å². The zero-order valence-electron chi connectivity index (χ0n) is 15.4. The number of benzene rings is 1. The van der Waals surface area contributed by atoms with Crippen LogP contribution in [0.25, 0.3) is 10.1 Å². The van der Waals surface area contributed by atoms with Crippen molar-refractivity contribution in [3.05, 3.63) is 59.5 Å². The van der Waals surface area contributed by atoms with Gasteiger partial charge in [0.15, 0.2) is 0 Å². The van der Waals surface area contributed by atoms with Gasteiger partial charge in [-0.2, -0.15) is 17.5 Å². The topological polar surface area (TPSA) is 75.1 Å². The number of aliphatic carboxylic acids is 1. The Bertz CT molecular complexity index is 954. The van der Waals surface area contributed by atoms with E-state index < -0.39 is 12.1 Å². The van der Waals surface area contributed by atoms with Crippen molar-refractivity contribution in [1.29, 1.82) is 0 Å². The molecule has 4 rings (SSSR count). The zero-order valence-corrected chi connectivity index (χ0v) is 16.3. The fourth-order valence-corrected chi connectivity index (χ4v) is 3.67. The second-order valence-corrected chi connectivity index (χ2v) is 7.56. The number of nitrogens with zero attached hydrogens (tertiary/aromatic N) is 2. The van der Waals surface area contributed by atoms with Gasteiger partial charge in [0.25, 0.3) is 0 Å². The monoisotopic (exact) mass is 423 g/mol. The summed E-state index contributed by atoms with van der Waals surface area (Å²) < 4.78 is 37.5. The number of hydrogen-bond donors (Lipinski definition) is 2. The first-order valence-electron chi connectivity index (χ1n) is 9.13. The van der Waals surface area contributed by atoms with Gasteiger partial charge in [-0.1, -0.05) is 30.7 Å². The van der Waals surface area contributed by atoms with Crippen molar-refractivity contribution in [1.82, 2.24) is 14.7 Å². The van der Waals surface area contributed by atoms with Gasteiger partial charge >= 0.3 is 12.1 Å². The van der Waals surface area contributed by atoms with Crippen molar-refractivity contribution < 1.29 is 23.1 Å². The molecule has 0 unspecified atom stereocenters. The minimum Gasteiger partial charge on any atom is -0.475 e. The average Bonchev–Trinajstić information content (AvgIpc) is 3.05. The van der Waals surface area contributed by atoms with Crippen LogP contribution in [-0.4, -0.2) is 26.6 Å². The number of nitrogens with one attached hydrogen (secondary N) is 1. The number of rotatable bonds is 5. The molecule has 1 fully saturated rings. The highest BCUT2D eigenvalue weighted by Crippen LogP contribution is 2.35. The third-order valence-electron chi connectivity index (χ3n) is 4.69. The third kappa shape index (κ3) is 5.74. The Morgan fingerprint density at radius 1 is 1.17 bits per heavy atom. The maximum absolute atomic E-state index is 10.6. The summed E-state index contributed by atoms with van der Waals surface area (Å²) in [6.07, 6.45) is 0.903. The summed E-state index contributed by atoms with van der Waals surface area (Å²) in [5.41, 5.74) is 3.64. The van der Waals surface area contributed by atoms with Gasteiger partial charge in [0.2, 0.25) is 0 Å². The van der Waals surface area contributed by atoms with Crippen molar-refractivity contribution in [3.8, 4) is 0 Å². The van der Waals surface area contributed by atoms with Gasteiger partial charge in [0.05, 0.1) is 10.4 Å². The number of carbonyl (C=O) groups is 1. The second-order valence-electron chi connectivity index (χ2n) is 6.75. The maximum Gasteiger partial charge on any atom is 0.490 e. The van der Waals surface area contributed by atoms with Crippen LogP contribution in [0.15, 0.2) is 42.6 Å². The fraction of sp³-hybridized carbons (Fsp3) is 0.350. The quantitative estimate of drug-likeness (QED) is 0.612. The number of halogens is 3. The van der Waals surface area contributed by atoms with Crippen molar-refractivity contribution >= 4 is 27.6 Å². The van der Waals surface area contributed by atoms with Crippen LogP contribution in [0, 0.1) is 0 Å². The Labute approximate surface area is 169 Å². The summed E-state index contributed by atoms with van der Waals surface area (Å²) in [6.45, 7) is 1.64. The molecule has 2 aromatic heterocycles. The van der Waals surface area contributed by atoms with Gasteiger partial charge in [0.1, 0.15) is 0 Å². The molecule has 0 atom stereocenters. The Hall–Kier alpha value is -2.52. The average molecular weight is 423 g/mol. The lowest BCUT2D eigenvalue weighted by Crippen LogP contribution is -2.21. The van der Waals surface area contributed by atoms with E-state index >= 15 is 0 Å². The number of hydrogen-bond acceptors (Lipinski definition) is 5. The lowest BCUT2D eigenvalue weighted by molar-refractivity contribution is -0.192. The minimum atomic E-state index is -5.08. The molecule has 0 bridgehead atoms. The van der Waals surface area contributed by atoms with Crippen LogP contribution < -0.4 is 5.32 Å². The van der Waals surface area contributed by atoms with Crippen molar-refractivity contribution in [3.63, 3.8) is 0 Å². The van der Waals surface area contributed by atoms with Crippen LogP contribution >= 0.6 is 11.5 Å². The lowest BCUT2D eigenvalue weighted by atomic mass is 9.82. The molecule has 154 valence electrons. The number of fused-ring (bicyclic) bond motifs is 1. The summed E-state index contributed by atoms with van der Waals surface area (Å²) in [5, 5.41) is 11.9. The third-order valence-corrected chi connectivity index (χ3v) is 5.55. The van der Waals surface area contributed by atoms with E-state index in [0.29, 0.717) is 5.92 Å². The molecule has 9 heteroatoms. The van der Waals surface area contributed by atoms with Gasteiger partial charge in [-0.15, -0.1) is 0 Å². The predicted molar refractivity (Wildman–Crippen MR) is 105 cm³/mol. The second kappa shape index (κ2) is 9.32. The van der Waals surface area contributed by atoms with Crippen LogP contribution in [0.4, 0.5) is 13.2 Å². The summed E-state index contributed by atoms with van der Waals surface area (Å²) in [5.74, 6) is -2.05. The highest BCUT2D eigenvalue weighted by molar-refractivity contribution is 7.13. The molecule has 0 saturated heterocycles. The van der Waals surface area contributed by atoms with Crippen LogP contribution in [0.2, 0.25) is 0 Å². The first-order chi connectivity index (χ1) is 13.8. The smallest absolute Gasteiger partial charge is 0.475 e. The Morgan fingerprint density at radius 2 is 1.90 bits per heavy atom. The maximum atomic E-state index is 10.6. The van der Waals surface area contributed by atoms with E-state index in [1.807, 2.05) is 6.20 Å². The highest BCUT2D eigenvalue weighted by Gasteiger charge is 2.38. The molecule has 1 aliphatic carbocycles. The van der Waals surface area contributed by atoms with Gasteiger partial charge in [0, 0.05) is 36.3 Å². The van der Waals surface area contributed by atoms with Crippen LogP contribution in [0.1, 0.15) is 42.1 Å². The molecule has 2 N–H and O–H groups in total. The first kappa shape index (κ1) is 21.2. The van der Waals surface area contributed by atoms with E-state index in [1.54, 1.807) is 11.5 Å². The number of alkyl halides is 3. The molecular weight excluding hydrogens is 403 g/mol. The summed E-state index contributed by atoms with van der Waals surface area (Å²) >= 11 is 1.57. The van der Waals surface area contributed by atoms with Crippen LogP contribution in [-0.2, 0) is 17.9 Å². The Balaban J connectivity index is 0.000000298. The van der Waals surface area contributed by atoms with Gasteiger partial charge in [-0.3, -0.25) is 4.98 Å². The minimum absolute atomic E-state index is 0.711. The number of pyridine rings is 1. The first-order valence-corrected chi connectivity index (χ1v) is 9.91. The molecule has 3 aromatic rings. The molecule has 1 aromatic carbocycles. The van der Waals surface area contributed by atoms with E-state index in [4.69, 9.17) is 9.90 Å². The van der Waals surface area contributed by atoms with Crippen LogP contribution in [0.3, 0.4) is 0 Å². The molecule has 0 aliphatic heterocycles. The zero-order chi connectivity index (χ0) is 20.9. The normalized spacial score (nSPS) is 14.2. The van der Waals surface area contributed by atoms with E-state index in [2.05, 4.69) is 51.1 Å². The van der Waals surface area contributed by atoms with Gasteiger partial charge in [-0.25, -0.2) is 4.79 Å². The van der Waals surface area contributed by atoms with Crippen molar-refractivity contribution in [2.75, 3.05) is 0 Å². The summed E-state index contributed by atoms with van der Waals surface area (Å²) in [4.78, 5) is 13.5. The molecule has 0 radical (unpaired) electrons. The fourth-order valence-electron chi connectivity index (χ4n) is 2.88. The Morgan fingerprint density at radius 3 is 2.48 bits per heavy atom. The molecule has 0 amide bonds.